The zero-order chi connectivity index (χ0) is 26.0. The lowest BCUT2D eigenvalue weighted by Gasteiger charge is -2.11. The molecule has 0 aliphatic carbocycles. The van der Waals surface area contributed by atoms with E-state index in [1.807, 2.05) is 17.6 Å². The van der Waals surface area contributed by atoms with Crippen LogP contribution in [0.1, 0.15) is 41.4 Å². The molecule has 4 rings (SSSR count). The van der Waals surface area contributed by atoms with E-state index in [2.05, 4.69) is 52.8 Å². The van der Waals surface area contributed by atoms with Gasteiger partial charge in [0, 0.05) is 23.1 Å². The minimum atomic E-state index is -3.90. The van der Waals surface area contributed by atoms with Gasteiger partial charge in [-0.25, -0.2) is 8.42 Å². The highest BCUT2D eigenvalue weighted by Gasteiger charge is 2.21. The van der Waals surface area contributed by atoms with Gasteiger partial charge in [-0.1, -0.05) is 37.6 Å². The van der Waals surface area contributed by atoms with Gasteiger partial charge in [0.25, 0.3) is 15.9 Å². The number of aromatic nitrogens is 3. The molecule has 2 N–H and O–H groups in total. The smallest absolute Gasteiger partial charge is 0.272 e. The normalized spacial score (nSPS) is 11.6. The largest absolute Gasteiger partial charge is 0.332 e. The highest BCUT2D eigenvalue weighted by atomic mass is 35.5. The van der Waals surface area contributed by atoms with Crippen LogP contribution in [0.15, 0.2) is 72.1 Å². The van der Waals surface area contributed by atoms with Crippen molar-refractivity contribution in [2.75, 3.05) is 10.0 Å². The average Bonchev–Trinajstić information content (AvgIpc) is 3.12. The summed E-state index contributed by atoms with van der Waals surface area (Å²) in [7, 11) is -3.90. The molecule has 1 amide bonds. The van der Waals surface area contributed by atoms with Gasteiger partial charge in [0.15, 0.2) is 11.0 Å². The first-order valence-electron chi connectivity index (χ1n) is 11.3. The van der Waals surface area contributed by atoms with Crippen LogP contribution in [0.25, 0.3) is 10.9 Å². The summed E-state index contributed by atoms with van der Waals surface area (Å²) in [5.74, 6) is 0.120. The lowest BCUT2D eigenvalue weighted by molar-refractivity contribution is 0.101. The average molecular weight is 524 g/mol. The van der Waals surface area contributed by atoms with Crippen LogP contribution in [-0.2, 0) is 16.6 Å². The van der Waals surface area contributed by atoms with E-state index in [9.17, 15) is 13.2 Å². The van der Waals surface area contributed by atoms with Crippen molar-refractivity contribution in [1.82, 2.24) is 14.8 Å². The third-order valence-electron chi connectivity index (χ3n) is 5.83. The molecule has 0 unspecified atom stereocenters. The van der Waals surface area contributed by atoms with Crippen molar-refractivity contribution in [1.29, 1.82) is 0 Å². The summed E-state index contributed by atoms with van der Waals surface area (Å²) in [5, 5.41) is 11.4. The molecule has 0 atom stereocenters. The molecule has 0 fully saturated rings. The number of fused-ring (bicyclic) bond motifs is 1. The fraction of sp³-hybridized carbons (Fsp3) is 0.192. The molecule has 0 bridgehead atoms. The SMILES string of the molecule is C=CCn1c(C(=O)Nc2ccc(S(=O)(=O)Nc3ccc(Cl)nn3)cc2)c(C)c2cc(C(C)C)ccc21. The minimum Gasteiger partial charge on any atom is -0.332 e. The first-order valence-corrected chi connectivity index (χ1v) is 13.1. The molecule has 2 aromatic carbocycles. The van der Waals surface area contributed by atoms with Gasteiger partial charge in [0.1, 0.15) is 5.69 Å². The lowest BCUT2D eigenvalue weighted by atomic mass is 10.0. The van der Waals surface area contributed by atoms with E-state index in [4.69, 9.17) is 11.6 Å². The molecular formula is C26H26ClN5O3S. The van der Waals surface area contributed by atoms with Gasteiger partial charge in [-0.15, -0.1) is 16.8 Å². The summed E-state index contributed by atoms with van der Waals surface area (Å²) in [6.07, 6.45) is 1.75. The van der Waals surface area contributed by atoms with Gasteiger partial charge in [-0.3, -0.25) is 9.52 Å². The van der Waals surface area contributed by atoms with Gasteiger partial charge < -0.3 is 9.88 Å². The highest BCUT2D eigenvalue weighted by Crippen LogP contribution is 2.30. The topological polar surface area (TPSA) is 106 Å². The van der Waals surface area contributed by atoms with Crippen LogP contribution in [0.3, 0.4) is 0 Å². The Balaban J connectivity index is 1.59. The minimum absolute atomic E-state index is 0.00964. The lowest BCUT2D eigenvalue weighted by Crippen LogP contribution is -2.18. The monoisotopic (exact) mass is 523 g/mol. The third kappa shape index (κ3) is 5.12. The zero-order valence-corrected chi connectivity index (χ0v) is 21.7. The number of anilines is 2. The van der Waals surface area contributed by atoms with E-state index in [0.717, 1.165) is 16.5 Å². The van der Waals surface area contributed by atoms with Gasteiger partial charge in [0.2, 0.25) is 0 Å². The summed E-state index contributed by atoms with van der Waals surface area (Å²) < 4.78 is 29.6. The Morgan fingerprint density at radius 1 is 1.11 bits per heavy atom. The third-order valence-corrected chi connectivity index (χ3v) is 7.40. The number of benzene rings is 2. The molecule has 2 aromatic heterocycles. The van der Waals surface area contributed by atoms with E-state index >= 15 is 0 Å². The van der Waals surface area contributed by atoms with Crippen LogP contribution in [0.2, 0.25) is 5.15 Å². The van der Waals surface area contributed by atoms with E-state index in [1.54, 1.807) is 6.08 Å². The maximum absolute atomic E-state index is 13.3. The molecule has 0 spiro atoms. The molecule has 0 saturated carbocycles. The molecule has 2 heterocycles. The summed E-state index contributed by atoms with van der Waals surface area (Å²) in [5.41, 5.74) is 4.02. The molecule has 4 aromatic rings. The molecule has 36 heavy (non-hydrogen) atoms. The number of halogens is 1. The number of rotatable bonds is 8. The first kappa shape index (κ1) is 25.4. The quantitative estimate of drug-likeness (QED) is 0.286. The summed E-state index contributed by atoms with van der Waals surface area (Å²) in [6.45, 7) is 10.5. The Kier molecular flexibility index (Phi) is 7.14. The number of carbonyl (C=O) groups excluding carboxylic acids is 1. The van der Waals surface area contributed by atoms with Crippen molar-refractivity contribution in [2.24, 2.45) is 0 Å². The van der Waals surface area contributed by atoms with Gasteiger partial charge in [-0.2, -0.15) is 0 Å². The molecule has 10 heteroatoms. The van der Waals surface area contributed by atoms with Crippen LogP contribution in [-0.4, -0.2) is 29.1 Å². The van der Waals surface area contributed by atoms with E-state index in [0.29, 0.717) is 23.8 Å². The van der Waals surface area contributed by atoms with E-state index in [-0.39, 0.29) is 21.8 Å². The van der Waals surface area contributed by atoms with Crippen LogP contribution in [0.4, 0.5) is 11.5 Å². The van der Waals surface area contributed by atoms with Gasteiger partial charge >= 0.3 is 0 Å². The second-order valence-electron chi connectivity index (χ2n) is 8.63. The van der Waals surface area contributed by atoms with Gasteiger partial charge in [-0.05, 0) is 72.5 Å². The Morgan fingerprint density at radius 3 is 2.44 bits per heavy atom. The predicted molar refractivity (Wildman–Crippen MR) is 143 cm³/mol. The highest BCUT2D eigenvalue weighted by molar-refractivity contribution is 7.92. The number of aryl methyl sites for hydroxylation is 1. The molecule has 0 saturated heterocycles. The second-order valence-corrected chi connectivity index (χ2v) is 10.7. The van der Waals surface area contributed by atoms with Crippen LogP contribution in [0.5, 0.6) is 0 Å². The van der Waals surface area contributed by atoms with Crippen molar-refractivity contribution >= 4 is 49.9 Å². The number of amides is 1. The number of allylic oxidation sites excluding steroid dienone is 1. The molecular weight excluding hydrogens is 498 g/mol. The van der Waals surface area contributed by atoms with Crippen molar-refractivity contribution in [3.05, 3.63) is 89.2 Å². The first-order chi connectivity index (χ1) is 17.1. The van der Waals surface area contributed by atoms with Crippen molar-refractivity contribution in [3.8, 4) is 0 Å². The number of nitrogens with one attached hydrogen (secondary N) is 2. The predicted octanol–water partition coefficient (Wildman–Crippen LogP) is 5.76. The molecule has 8 nitrogen and oxygen atoms in total. The summed E-state index contributed by atoms with van der Waals surface area (Å²) in [6, 6.07) is 15.0. The van der Waals surface area contributed by atoms with Crippen LogP contribution in [0, 0.1) is 6.92 Å². The van der Waals surface area contributed by atoms with Crippen molar-refractivity contribution < 1.29 is 13.2 Å². The van der Waals surface area contributed by atoms with Crippen LogP contribution >= 0.6 is 11.6 Å². The van der Waals surface area contributed by atoms with E-state index in [1.165, 1.54) is 42.0 Å². The Hall–Kier alpha value is -3.69. The Labute approximate surface area is 215 Å². The van der Waals surface area contributed by atoms with Crippen molar-refractivity contribution in [3.63, 3.8) is 0 Å². The number of nitrogens with zero attached hydrogens (tertiary/aromatic N) is 3. The van der Waals surface area contributed by atoms with E-state index < -0.39 is 10.0 Å². The Morgan fingerprint density at radius 2 is 1.83 bits per heavy atom. The summed E-state index contributed by atoms with van der Waals surface area (Å²) in [4.78, 5) is 13.4. The maximum Gasteiger partial charge on any atom is 0.272 e. The maximum atomic E-state index is 13.3. The zero-order valence-electron chi connectivity index (χ0n) is 20.1. The molecule has 186 valence electrons. The summed E-state index contributed by atoms with van der Waals surface area (Å²) >= 11 is 5.69. The van der Waals surface area contributed by atoms with Crippen LogP contribution < -0.4 is 10.0 Å². The second kappa shape index (κ2) is 10.1. The standard InChI is InChI=1S/C26H26ClN5O3S/c1-5-14-32-22-11-6-18(16(2)3)15-21(22)17(4)25(32)26(33)28-19-7-9-20(10-8-19)36(34,35)31-24-13-12-23(27)29-30-24/h5-13,15-16H,1,14H2,2-4H3,(H,28,33)(H,30,31). The molecule has 0 radical (unpaired) electrons. The van der Waals surface area contributed by atoms with Crippen molar-refractivity contribution in [2.45, 2.75) is 38.1 Å². The number of carbonyl (C=O) groups is 1. The Bertz CT molecular complexity index is 1540. The van der Waals surface area contributed by atoms with Gasteiger partial charge in [0.05, 0.1) is 4.90 Å². The number of hydrogen-bond acceptors (Lipinski definition) is 5. The number of sulfonamides is 1. The fourth-order valence-electron chi connectivity index (χ4n) is 3.99. The fourth-order valence-corrected chi connectivity index (χ4v) is 5.08. The number of hydrogen-bond donors (Lipinski definition) is 2. The molecule has 0 aliphatic heterocycles. The molecule has 0 aliphatic rings.